The van der Waals surface area contributed by atoms with E-state index < -0.39 is 0 Å². The molecule has 0 rings (SSSR count). The zero-order chi connectivity index (χ0) is 7.66. The summed E-state index contributed by atoms with van der Waals surface area (Å²) in [4.78, 5) is 0. The Hall–Kier alpha value is -0.400. The van der Waals surface area contributed by atoms with Crippen molar-refractivity contribution in [1.82, 2.24) is 0 Å². The van der Waals surface area contributed by atoms with Crippen LogP contribution in [-0.4, -0.2) is 5.33 Å². The lowest BCUT2D eigenvalue weighted by Gasteiger charge is -1.80. The van der Waals surface area contributed by atoms with E-state index in [1.165, 1.54) is 12.8 Å². The normalized spacial score (nSPS) is 7.00. The summed E-state index contributed by atoms with van der Waals surface area (Å²) in [5.74, 6) is 11.3. The number of hydrogen-bond donors (Lipinski definition) is 0. The summed E-state index contributed by atoms with van der Waals surface area (Å²) in [7, 11) is 0. The van der Waals surface area contributed by atoms with Crippen molar-refractivity contribution in [2.45, 2.75) is 26.2 Å². The summed E-state index contributed by atoms with van der Waals surface area (Å²) in [6, 6.07) is 0. The molecule has 0 aromatic carbocycles. The van der Waals surface area contributed by atoms with Crippen LogP contribution in [0, 0.1) is 23.7 Å². The van der Waals surface area contributed by atoms with Gasteiger partial charge >= 0.3 is 0 Å². The Morgan fingerprint density at radius 2 is 1.90 bits per heavy atom. The quantitative estimate of drug-likeness (QED) is 0.364. The van der Waals surface area contributed by atoms with Crippen LogP contribution in [0.25, 0.3) is 0 Å². The second-order valence-electron chi connectivity index (χ2n) is 1.84. The molecule has 0 aliphatic carbocycles. The molecule has 0 bridgehead atoms. The van der Waals surface area contributed by atoms with Gasteiger partial charge < -0.3 is 0 Å². The zero-order valence-electron chi connectivity index (χ0n) is 6.21. The summed E-state index contributed by atoms with van der Waals surface area (Å²) < 4.78 is 0. The summed E-state index contributed by atoms with van der Waals surface area (Å²) in [6.45, 7) is 2.16. The van der Waals surface area contributed by atoms with Gasteiger partial charge in [-0.3, -0.25) is 0 Å². The predicted octanol–water partition coefficient (Wildman–Crippen LogP) is 2.58. The van der Waals surface area contributed by atoms with Crippen molar-refractivity contribution in [2.24, 2.45) is 0 Å². The van der Waals surface area contributed by atoms with Gasteiger partial charge in [0.05, 0.1) is 5.33 Å². The van der Waals surface area contributed by atoms with Crippen molar-refractivity contribution in [3.05, 3.63) is 0 Å². The number of halogens is 1. The van der Waals surface area contributed by atoms with Crippen LogP contribution in [0.15, 0.2) is 0 Å². The molecule has 0 heterocycles. The van der Waals surface area contributed by atoms with Gasteiger partial charge in [-0.2, -0.15) is 0 Å². The van der Waals surface area contributed by atoms with Gasteiger partial charge in [0.15, 0.2) is 0 Å². The van der Waals surface area contributed by atoms with Crippen LogP contribution >= 0.6 is 15.9 Å². The Bertz CT molecular complexity index is 172. The van der Waals surface area contributed by atoms with Crippen LogP contribution in [0.1, 0.15) is 26.2 Å². The van der Waals surface area contributed by atoms with E-state index in [4.69, 9.17) is 0 Å². The van der Waals surface area contributed by atoms with E-state index in [0.29, 0.717) is 0 Å². The first-order valence-electron chi connectivity index (χ1n) is 3.43. The molecular formula is C9H11Br. The second kappa shape index (κ2) is 8.60. The highest BCUT2D eigenvalue weighted by molar-refractivity contribution is 9.09. The van der Waals surface area contributed by atoms with Gasteiger partial charge in [0.25, 0.3) is 0 Å². The average molecular weight is 199 g/mol. The number of alkyl halides is 1. The molecule has 0 nitrogen and oxygen atoms in total. The van der Waals surface area contributed by atoms with Crippen molar-refractivity contribution in [2.75, 3.05) is 5.33 Å². The molecule has 0 spiro atoms. The van der Waals surface area contributed by atoms with Crippen molar-refractivity contribution in [3.63, 3.8) is 0 Å². The van der Waals surface area contributed by atoms with E-state index >= 15 is 0 Å². The maximum Gasteiger partial charge on any atom is 0.0655 e. The third-order valence-electron chi connectivity index (χ3n) is 0.961. The molecule has 0 aromatic rings. The van der Waals surface area contributed by atoms with Gasteiger partial charge in [0, 0.05) is 6.42 Å². The van der Waals surface area contributed by atoms with Crippen LogP contribution in [0.3, 0.4) is 0 Å². The molecule has 0 unspecified atom stereocenters. The fraction of sp³-hybridized carbons (Fsp3) is 0.556. The zero-order valence-corrected chi connectivity index (χ0v) is 7.79. The highest BCUT2D eigenvalue weighted by Gasteiger charge is 1.73. The summed E-state index contributed by atoms with van der Waals surface area (Å²) in [5.41, 5.74) is 0. The lowest BCUT2D eigenvalue weighted by Crippen LogP contribution is -1.66. The van der Waals surface area contributed by atoms with Crippen LogP contribution in [0.2, 0.25) is 0 Å². The SMILES string of the molecule is CCCCC#CC#CCBr. The largest absolute Gasteiger partial charge is 0.0891 e. The Kier molecular flexibility index (Phi) is 8.26. The Labute approximate surface area is 71.5 Å². The third kappa shape index (κ3) is 7.60. The first-order chi connectivity index (χ1) is 4.91. The Morgan fingerprint density at radius 3 is 2.50 bits per heavy atom. The van der Waals surface area contributed by atoms with Crippen LogP contribution in [-0.2, 0) is 0 Å². The summed E-state index contributed by atoms with van der Waals surface area (Å²) in [5, 5.41) is 0.718. The fourth-order valence-electron chi connectivity index (χ4n) is 0.449. The minimum absolute atomic E-state index is 0.718. The Morgan fingerprint density at radius 1 is 1.20 bits per heavy atom. The van der Waals surface area contributed by atoms with Crippen molar-refractivity contribution in [1.29, 1.82) is 0 Å². The third-order valence-corrected chi connectivity index (χ3v) is 1.24. The molecule has 0 N–H and O–H groups in total. The average Bonchev–Trinajstić information content (AvgIpc) is 1.97. The van der Waals surface area contributed by atoms with Gasteiger partial charge in [0.2, 0.25) is 0 Å². The van der Waals surface area contributed by atoms with Gasteiger partial charge in [-0.1, -0.05) is 41.1 Å². The molecule has 0 amide bonds. The highest BCUT2D eigenvalue weighted by Crippen LogP contribution is 1.89. The second-order valence-corrected chi connectivity index (χ2v) is 2.40. The van der Waals surface area contributed by atoms with E-state index in [0.717, 1.165) is 11.8 Å². The molecule has 0 fully saturated rings. The fourth-order valence-corrected chi connectivity index (χ4v) is 0.590. The standard InChI is InChI=1S/C9H11Br/c1-2-3-4-5-6-7-8-9-10/h2-4,9H2,1H3. The molecule has 0 aromatic heterocycles. The topological polar surface area (TPSA) is 0 Å². The number of hydrogen-bond acceptors (Lipinski definition) is 0. The molecule has 10 heavy (non-hydrogen) atoms. The van der Waals surface area contributed by atoms with Crippen molar-refractivity contribution < 1.29 is 0 Å². The molecule has 0 aliphatic heterocycles. The lowest BCUT2D eigenvalue weighted by molar-refractivity contribution is 0.828. The van der Waals surface area contributed by atoms with Gasteiger partial charge in [0.1, 0.15) is 0 Å². The minimum atomic E-state index is 0.718. The van der Waals surface area contributed by atoms with Crippen molar-refractivity contribution in [3.8, 4) is 23.7 Å². The molecule has 54 valence electrons. The number of unbranched alkanes of at least 4 members (excludes halogenated alkanes) is 2. The lowest BCUT2D eigenvalue weighted by atomic mass is 10.2. The Balaban J connectivity index is 3.31. The maximum atomic E-state index is 3.19. The first-order valence-corrected chi connectivity index (χ1v) is 4.55. The van der Waals surface area contributed by atoms with Gasteiger partial charge in [-0.05, 0) is 18.3 Å². The molecule has 0 saturated carbocycles. The smallest absolute Gasteiger partial charge is 0.0655 e. The van der Waals surface area contributed by atoms with Crippen LogP contribution in [0.4, 0.5) is 0 Å². The number of rotatable bonds is 2. The molecular weight excluding hydrogens is 188 g/mol. The van der Waals surface area contributed by atoms with Gasteiger partial charge in [-0.15, -0.1) is 0 Å². The van der Waals surface area contributed by atoms with Crippen LogP contribution in [0.5, 0.6) is 0 Å². The van der Waals surface area contributed by atoms with Crippen LogP contribution < -0.4 is 0 Å². The predicted molar refractivity (Wildman–Crippen MR) is 48.9 cm³/mol. The molecule has 0 atom stereocenters. The van der Waals surface area contributed by atoms with E-state index in [-0.39, 0.29) is 0 Å². The van der Waals surface area contributed by atoms with E-state index in [1.807, 2.05) is 0 Å². The van der Waals surface area contributed by atoms with E-state index in [2.05, 4.69) is 46.5 Å². The molecule has 0 saturated heterocycles. The molecule has 0 aliphatic rings. The van der Waals surface area contributed by atoms with Gasteiger partial charge in [-0.25, -0.2) is 0 Å². The molecule has 0 radical (unpaired) electrons. The van der Waals surface area contributed by atoms with Crippen molar-refractivity contribution >= 4 is 15.9 Å². The first kappa shape index (κ1) is 9.60. The monoisotopic (exact) mass is 198 g/mol. The minimum Gasteiger partial charge on any atom is -0.0891 e. The molecule has 1 heteroatoms. The summed E-state index contributed by atoms with van der Waals surface area (Å²) in [6.07, 6.45) is 3.37. The highest BCUT2D eigenvalue weighted by atomic mass is 79.9. The maximum absolute atomic E-state index is 3.19. The van der Waals surface area contributed by atoms with E-state index in [1.54, 1.807) is 0 Å². The van der Waals surface area contributed by atoms with E-state index in [9.17, 15) is 0 Å². The summed E-state index contributed by atoms with van der Waals surface area (Å²) >= 11 is 3.19.